The predicted octanol–water partition coefficient (Wildman–Crippen LogP) is 4.32. The second-order valence-electron chi connectivity index (χ2n) is 7.01. The molecule has 1 aliphatic rings. The Morgan fingerprint density at radius 2 is 1.71 bits per heavy atom. The molecular formula is C22H19Cl2FN4O2. The number of ether oxygens (including phenoxy) is 1. The summed E-state index contributed by atoms with van der Waals surface area (Å²) < 4.78 is 18.6. The van der Waals surface area contributed by atoms with Gasteiger partial charge in [0.25, 0.3) is 5.91 Å². The summed E-state index contributed by atoms with van der Waals surface area (Å²) in [7, 11) is 0. The lowest BCUT2D eigenvalue weighted by Crippen LogP contribution is -2.50. The molecule has 3 aromatic rings. The van der Waals surface area contributed by atoms with Crippen molar-refractivity contribution in [2.24, 2.45) is 0 Å². The number of carbonyl (C=O) groups excluding carboxylic acids is 1. The first kappa shape index (κ1) is 21.3. The fourth-order valence-corrected chi connectivity index (χ4v) is 3.74. The van der Waals surface area contributed by atoms with Gasteiger partial charge in [-0.3, -0.25) is 4.79 Å². The number of carbonyl (C=O) groups is 1. The van der Waals surface area contributed by atoms with E-state index in [1.54, 1.807) is 35.2 Å². The molecule has 6 nitrogen and oxygen atoms in total. The maximum Gasteiger partial charge on any atom is 0.260 e. The van der Waals surface area contributed by atoms with Crippen LogP contribution in [0.5, 0.6) is 5.75 Å². The van der Waals surface area contributed by atoms with Crippen LogP contribution >= 0.6 is 23.2 Å². The average Bonchev–Trinajstić information content (AvgIpc) is 2.79. The lowest BCUT2D eigenvalue weighted by atomic mass is 10.1. The quantitative estimate of drug-likeness (QED) is 0.567. The van der Waals surface area contributed by atoms with Crippen molar-refractivity contribution in [2.75, 3.05) is 37.7 Å². The minimum absolute atomic E-state index is 0.0898. The smallest absolute Gasteiger partial charge is 0.260 e. The van der Waals surface area contributed by atoms with Crippen molar-refractivity contribution in [3.63, 3.8) is 0 Å². The zero-order valence-corrected chi connectivity index (χ0v) is 18.0. The van der Waals surface area contributed by atoms with Crippen molar-refractivity contribution in [3.8, 4) is 17.0 Å². The molecule has 2 aromatic carbocycles. The summed E-state index contributed by atoms with van der Waals surface area (Å²) >= 11 is 11.9. The number of hydrogen-bond donors (Lipinski definition) is 0. The molecule has 4 rings (SSSR count). The monoisotopic (exact) mass is 460 g/mol. The fourth-order valence-electron chi connectivity index (χ4n) is 3.28. The van der Waals surface area contributed by atoms with Crippen LogP contribution in [0.1, 0.15) is 0 Å². The molecule has 1 amide bonds. The van der Waals surface area contributed by atoms with Gasteiger partial charge in [0, 0.05) is 36.8 Å². The Morgan fingerprint density at radius 1 is 0.968 bits per heavy atom. The van der Waals surface area contributed by atoms with Crippen molar-refractivity contribution >= 4 is 34.9 Å². The van der Waals surface area contributed by atoms with Gasteiger partial charge < -0.3 is 14.5 Å². The van der Waals surface area contributed by atoms with Crippen LogP contribution in [-0.2, 0) is 4.79 Å². The predicted molar refractivity (Wildman–Crippen MR) is 118 cm³/mol. The third-order valence-electron chi connectivity index (χ3n) is 4.99. The Balaban J connectivity index is 1.29. The number of halogens is 3. The number of piperazine rings is 1. The van der Waals surface area contributed by atoms with Gasteiger partial charge in [-0.25, -0.2) is 4.39 Å². The third kappa shape index (κ3) is 5.24. The van der Waals surface area contributed by atoms with Crippen LogP contribution in [0, 0.1) is 5.82 Å². The van der Waals surface area contributed by atoms with Gasteiger partial charge in [-0.15, -0.1) is 10.2 Å². The van der Waals surface area contributed by atoms with Crippen LogP contribution in [0.4, 0.5) is 10.2 Å². The van der Waals surface area contributed by atoms with E-state index in [2.05, 4.69) is 15.1 Å². The molecule has 0 atom stereocenters. The van der Waals surface area contributed by atoms with Gasteiger partial charge in [0.05, 0.1) is 10.7 Å². The van der Waals surface area contributed by atoms with E-state index in [4.69, 9.17) is 27.9 Å². The van der Waals surface area contributed by atoms with Crippen LogP contribution in [0.15, 0.2) is 54.6 Å². The standard InChI is InChI=1S/C22H19Cl2FN4O2/c23-16-3-7-20(18(24)13-16)31-14-22(30)29-11-9-28(10-12-29)21-8-6-19(26-27-21)15-1-4-17(25)5-2-15/h1-8,13H,9-12,14H2. The minimum atomic E-state index is -0.289. The molecule has 1 aliphatic heterocycles. The molecular weight excluding hydrogens is 442 g/mol. The average molecular weight is 461 g/mol. The van der Waals surface area contributed by atoms with Crippen LogP contribution < -0.4 is 9.64 Å². The number of benzene rings is 2. The van der Waals surface area contributed by atoms with Crippen LogP contribution in [-0.4, -0.2) is 53.8 Å². The van der Waals surface area contributed by atoms with Gasteiger partial charge >= 0.3 is 0 Å². The van der Waals surface area contributed by atoms with Crippen molar-refractivity contribution in [1.29, 1.82) is 0 Å². The van der Waals surface area contributed by atoms with Gasteiger partial charge in [0.2, 0.25) is 0 Å². The van der Waals surface area contributed by atoms with Crippen LogP contribution in [0.3, 0.4) is 0 Å². The van der Waals surface area contributed by atoms with E-state index in [0.29, 0.717) is 47.7 Å². The maximum absolute atomic E-state index is 13.1. The van der Waals surface area contributed by atoms with Crippen molar-refractivity contribution < 1.29 is 13.9 Å². The van der Waals surface area contributed by atoms with Crippen molar-refractivity contribution in [2.45, 2.75) is 0 Å². The van der Waals surface area contributed by atoms with E-state index >= 15 is 0 Å². The Labute approximate surface area is 189 Å². The van der Waals surface area contributed by atoms with Crippen molar-refractivity contribution in [3.05, 3.63) is 70.5 Å². The van der Waals surface area contributed by atoms with Gasteiger partial charge in [-0.05, 0) is 54.6 Å². The van der Waals surface area contributed by atoms with E-state index in [1.807, 2.05) is 12.1 Å². The molecule has 1 aromatic heterocycles. The molecule has 0 unspecified atom stereocenters. The van der Waals surface area contributed by atoms with E-state index in [0.717, 1.165) is 11.4 Å². The lowest BCUT2D eigenvalue weighted by molar-refractivity contribution is -0.133. The molecule has 2 heterocycles. The SMILES string of the molecule is O=C(COc1ccc(Cl)cc1Cl)N1CCN(c2ccc(-c3ccc(F)cc3)nn2)CC1. The van der Waals surface area contributed by atoms with Gasteiger partial charge in [0.15, 0.2) is 12.4 Å². The summed E-state index contributed by atoms with van der Waals surface area (Å²) in [6.07, 6.45) is 0. The number of anilines is 1. The molecule has 1 saturated heterocycles. The zero-order valence-electron chi connectivity index (χ0n) is 16.5. The number of hydrogen-bond acceptors (Lipinski definition) is 5. The zero-order chi connectivity index (χ0) is 21.8. The third-order valence-corrected chi connectivity index (χ3v) is 5.52. The van der Waals surface area contributed by atoms with Crippen molar-refractivity contribution in [1.82, 2.24) is 15.1 Å². The number of rotatable bonds is 5. The summed E-state index contributed by atoms with van der Waals surface area (Å²) in [4.78, 5) is 16.3. The largest absolute Gasteiger partial charge is 0.482 e. The number of nitrogens with zero attached hydrogens (tertiary/aromatic N) is 4. The lowest BCUT2D eigenvalue weighted by Gasteiger charge is -2.35. The molecule has 160 valence electrons. The van der Waals surface area contributed by atoms with E-state index in [9.17, 15) is 9.18 Å². The maximum atomic E-state index is 13.1. The number of amides is 1. The fraction of sp³-hybridized carbons (Fsp3) is 0.227. The Kier molecular flexibility index (Phi) is 6.53. The second-order valence-corrected chi connectivity index (χ2v) is 7.86. The first-order valence-corrected chi connectivity index (χ1v) is 10.5. The Morgan fingerprint density at radius 3 is 2.35 bits per heavy atom. The molecule has 0 saturated carbocycles. The van der Waals surface area contributed by atoms with E-state index in [-0.39, 0.29) is 18.3 Å². The number of aromatic nitrogens is 2. The highest BCUT2D eigenvalue weighted by Crippen LogP contribution is 2.27. The first-order valence-electron chi connectivity index (χ1n) is 9.70. The normalized spacial score (nSPS) is 13.9. The van der Waals surface area contributed by atoms with Gasteiger partial charge in [0.1, 0.15) is 11.6 Å². The Bertz CT molecular complexity index is 1060. The molecule has 0 bridgehead atoms. The van der Waals surface area contributed by atoms with E-state index in [1.165, 1.54) is 12.1 Å². The summed E-state index contributed by atoms with van der Waals surface area (Å²) in [5.41, 5.74) is 1.48. The highest BCUT2D eigenvalue weighted by Gasteiger charge is 2.22. The second kappa shape index (κ2) is 9.49. The molecule has 0 radical (unpaired) electrons. The summed E-state index contributed by atoms with van der Waals surface area (Å²) in [6, 6.07) is 14.7. The topological polar surface area (TPSA) is 58.6 Å². The molecule has 0 spiro atoms. The van der Waals surface area contributed by atoms with E-state index < -0.39 is 0 Å². The van der Waals surface area contributed by atoms with Gasteiger partial charge in [-0.2, -0.15) is 0 Å². The van der Waals surface area contributed by atoms with Crippen LogP contribution in [0.2, 0.25) is 10.0 Å². The summed E-state index contributed by atoms with van der Waals surface area (Å²) in [6.45, 7) is 2.29. The summed E-state index contributed by atoms with van der Waals surface area (Å²) in [5, 5.41) is 9.42. The molecule has 0 aliphatic carbocycles. The first-order chi connectivity index (χ1) is 15.0. The minimum Gasteiger partial charge on any atom is -0.482 e. The molecule has 1 fully saturated rings. The molecule has 0 N–H and O–H groups in total. The highest BCUT2D eigenvalue weighted by molar-refractivity contribution is 6.35. The molecule has 9 heteroatoms. The van der Waals surface area contributed by atoms with Gasteiger partial charge in [-0.1, -0.05) is 23.2 Å². The Hall–Kier alpha value is -2.90. The van der Waals surface area contributed by atoms with Crippen LogP contribution in [0.25, 0.3) is 11.3 Å². The highest BCUT2D eigenvalue weighted by atomic mass is 35.5. The summed E-state index contributed by atoms with van der Waals surface area (Å²) in [5.74, 6) is 0.766. The molecule has 31 heavy (non-hydrogen) atoms.